The first-order chi connectivity index (χ1) is 10.9. The molecule has 5 heteroatoms. The number of carbonyl (C=O) groups is 2. The van der Waals surface area contributed by atoms with E-state index in [2.05, 4.69) is 25.2 Å². The van der Waals surface area contributed by atoms with E-state index in [1.165, 1.54) is 0 Å². The third-order valence-corrected chi connectivity index (χ3v) is 4.20. The fourth-order valence-electron chi connectivity index (χ4n) is 2.88. The average molecular weight is 317 g/mol. The Morgan fingerprint density at radius 2 is 2.04 bits per heavy atom. The molecule has 5 nitrogen and oxygen atoms in total. The van der Waals surface area contributed by atoms with Gasteiger partial charge in [0.25, 0.3) is 0 Å². The van der Waals surface area contributed by atoms with Gasteiger partial charge in [-0.15, -0.1) is 0 Å². The first-order valence-corrected chi connectivity index (χ1v) is 8.22. The molecular weight excluding hydrogens is 290 g/mol. The van der Waals surface area contributed by atoms with Gasteiger partial charge in [-0.25, -0.2) is 0 Å². The van der Waals surface area contributed by atoms with Crippen LogP contribution in [0.15, 0.2) is 24.3 Å². The minimum absolute atomic E-state index is 0.0234. The largest absolute Gasteiger partial charge is 0.355 e. The molecule has 1 N–H and O–H groups in total. The number of amides is 2. The lowest BCUT2D eigenvalue weighted by atomic mass is 10.0. The van der Waals surface area contributed by atoms with E-state index in [4.69, 9.17) is 0 Å². The van der Waals surface area contributed by atoms with Crippen LogP contribution < -0.4 is 10.2 Å². The van der Waals surface area contributed by atoms with E-state index in [0.29, 0.717) is 25.4 Å². The first-order valence-electron chi connectivity index (χ1n) is 8.22. The fourth-order valence-corrected chi connectivity index (χ4v) is 2.88. The average Bonchev–Trinajstić information content (AvgIpc) is 2.88. The van der Waals surface area contributed by atoms with Crippen molar-refractivity contribution in [3.05, 3.63) is 29.8 Å². The Labute approximate surface area is 138 Å². The molecular formula is C18H27N3O2. The predicted octanol–water partition coefficient (Wildman–Crippen LogP) is 1.84. The predicted molar refractivity (Wildman–Crippen MR) is 92.6 cm³/mol. The fraction of sp³-hybridized carbons (Fsp3) is 0.556. The summed E-state index contributed by atoms with van der Waals surface area (Å²) in [7, 11) is 3.94. The van der Waals surface area contributed by atoms with Crippen molar-refractivity contribution in [3.8, 4) is 0 Å². The zero-order valence-corrected chi connectivity index (χ0v) is 14.5. The van der Waals surface area contributed by atoms with Crippen LogP contribution in [-0.2, 0) is 9.59 Å². The molecule has 0 aliphatic carbocycles. The minimum atomic E-state index is -0.259. The zero-order valence-electron chi connectivity index (χ0n) is 14.5. The van der Waals surface area contributed by atoms with Crippen LogP contribution in [0.4, 0.5) is 5.69 Å². The van der Waals surface area contributed by atoms with Gasteiger partial charge in [0.05, 0.1) is 5.92 Å². The maximum atomic E-state index is 12.4. The van der Waals surface area contributed by atoms with E-state index in [-0.39, 0.29) is 17.7 Å². The number of nitrogens with zero attached hydrogens (tertiary/aromatic N) is 2. The van der Waals surface area contributed by atoms with Crippen LogP contribution in [0.2, 0.25) is 0 Å². The highest BCUT2D eigenvalue weighted by atomic mass is 16.2. The van der Waals surface area contributed by atoms with Crippen molar-refractivity contribution in [2.24, 2.45) is 5.92 Å². The summed E-state index contributed by atoms with van der Waals surface area (Å²) in [5, 5.41) is 2.93. The molecule has 1 fully saturated rings. The lowest BCUT2D eigenvalue weighted by molar-refractivity contribution is -0.126. The number of nitrogens with one attached hydrogen (secondary N) is 1. The number of rotatable bonds is 6. The van der Waals surface area contributed by atoms with Gasteiger partial charge >= 0.3 is 0 Å². The molecule has 1 heterocycles. The van der Waals surface area contributed by atoms with Gasteiger partial charge in [0.15, 0.2) is 0 Å². The molecule has 2 amide bonds. The topological polar surface area (TPSA) is 52.7 Å². The van der Waals surface area contributed by atoms with Gasteiger partial charge < -0.3 is 15.1 Å². The molecule has 0 spiro atoms. The van der Waals surface area contributed by atoms with Gasteiger partial charge in [-0.2, -0.15) is 0 Å². The van der Waals surface area contributed by atoms with E-state index in [1.807, 2.05) is 37.2 Å². The van der Waals surface area contributed by atoms with Gasteiger partial charge in [0, 0.05) is 31.7 Å². The van der Waals surface area contributed by atoms with Crippen LogP contribution >= 0.6 is 0 Å². The summed E-state index contributed by atoms with van der Waals surface area (Å²) in [6, 6.07) is 7.96. The zero-order chi connectivity index (χ0) is 17.0. The summed E-state index contributed by atoms with van der Waals surface area (Å²) in [6.07, 6.45) is 0.292. The summed E-state index contributed by atoms with van der Waals surface area (Å²) >= 11 is 0. The van der Waals surface area contributed by atoms with E-state index >= 15 is 0 Å². The molecule has 1 aromatic rings. The highest BCUT2D eigenvalue weighted by Crippen LogP contribution is 2.32. The molecule has 2 rings (SSSR count). The molecule has 1 atom stereocenters. The normalized spacial score (nSPS) is 18.1. The van der Waals surface area contributed by atoms with Crippen molar-refractivity contribution < 1.29 is 9.59 Å². The van der Waals surface area contributed by atoms with Crippen LogP contribution in [0.3, 0.4) is 0 Å². The molecule has 1 aromatic carbocycles. The standard InChI is InChI=1S/C18H27N3O2/c1-13(2)15-7-5-6-8-16(15)21-12-14(11-17(21)22)18(23)19-9-10-20(3)4/h5-8,13-14H,9-12H2,1-4H3,(H,19,23). The molecule has 0 aromatic heterocycles. The SMILES string of the molecule is CC(C)c1ccccc1N1CC(C(=O)NCCN(C)C)CC1=O. The summed E-state index contributed by atoms with van der Waals surface area (Å²) in [4.78, 5) is 28.4. The molecule has 1 saturated heterocycles. The first kappa shape index (κ1) is 17.5. The molecule has 1 aliphatic heterocycles. The second kappa shape index (κ2) is 7.59. The summed E-state index contributed by atoms with van der Waals surface area (Å²) in [5.74, 6) is 0.0902. The third kappa shape index (κ3) is 4.32. The van der Waals surface area contributed by atoms with Gasteiger partial charge in [-0.1, -0.05) is 32.0 Å². The number of para-hydroxylation sites is 1. The van der Waals surface area contributed by atoms with E-state index in [9.17, 15) is 9.59 Å². The molecule has 0 bridgehead atoms. The third-order valence-electron chi connectivity index (χ3n) is 4.20. The molecule has 1 unspecified atom stereocenters. The van der Waals surface area contributed by atoms with Crippen molar-refractivity contribution in [3.63, 3.8) is 0 Å². The molecule has 0 radical (unpaired) electrons. The highest BCUT2D eigenvalue weighted by molar-refractivity contribution is 6.00. The number of likely N-dealkylation sites (N-methyl/N-ethyl adjacent to an activating group) is 1. The summed E-state index contributed by atoms with van der Waals surface area (Å²) < 4.78 is 0. The maximum absolute atomic E-state index is 12.4. The number of hydrogen-bond donors (Lipinski definition) is 1. The Bertz CT molecular complexity index is 569. The Morgan fingerprint density at radius 3 is 2.70 bits per heavy atom. The Balaban J connectivity index is 2.04. The van der Waals surface area contributed by atoms with E-state index < -0.39 is 0 Å². The Kier molecular flexibility index (Phi) is 5.77. The molecule has 23 heavy (non-hydrogen) atoms. The molecule has 0 saturated carbocycles. The van der Waals surface area contributed by atoms with E-state index in [0.717, 1.165) is 17.8 Å². The maximum Gasteiger partial charge on any atom is 0.227 e. The quantitative estimate of drug-likeness (QED) is 0.871. The van der Waals surface area contributed by atoms with Crippen LogP contribution in [0.25, 0.3) is 0 Å². The number of benzene rings is 1. The second-order valence-corrected chi connectivity index (χ2v) is 6.71. The van der Waals surface area contributed by atoms with Gasteiger partial charge in [-0.05, 0) is 31.6 Å². The monoisotopic (exact) mass is 317 g/mol. The second-order valence-electron chi connectivity index (χ2n) is 6.71. The smallest absolute Gasteiger partial charge is 0.227 e. The minimum Gasteiger partial charge on any atom is -0.355 e. The summed E-state index contributed by atoms with van der Waals surface area (Å²) in [5.41, 5.74) is 2.09. The Hall–Kier alpha value is -1.88. The van der Waals surface area contributed by atoms with Gasteiger partial charge in [-0.3, -0.25) is 9.59 Å². The van der Waals surface area contributed by atoms with Crippen molar-refractivity contribution in [2.75, 3.05) is 38.6 Å². The Morgan fingerprint density at radius 1 is 1.35 bits per heavy atom. The lowest BCUT2D eigenvalue weighted by Crippen LogP contribution is -2.36. The number of hydrogen-bond acceptors (Lipinski definition) is 3. The van der Waals surface area contributed by atoms with Crippen LogP contribution in [-0.4, -0.2) is 50.4 Å². The number of carbonyl (C=O) groups excluding carboxylic acids is 2. The van der Waals surface area contributed by atoms with Crippen molar-refractivity contribution in [1.82, 2.24) is 10.2 Å². The van der Waals surface area contributed by atoms with Crippen molar-refractivity contribution in [1.29, 1.82) is 0 Å². The summed E-state index contributed by atoms with van der Waals surface area (Å²) in [6.45, 7) is 6.11. The van der Waals surface area contributed by atoms with Gasteiger partial charge in [0.2, 0.25) is 11.8 Å². The molecule has 126 valence electrons. The van der Waals surface area contributed by atoms with Crippen LogP contribution in [0.1, 0.15) is 31.7 Å². The number of anilines is 1. The lowest BCUT2D eigenvalue weighted by Gasteiger charge is -2.22. The van der Waals surface area contributed by atoms with Crippen molar-refractivity contribution >= 4 is 17.5 Å². The molecule has 1 aliphatic rings. The van der Waals surface area contributed by atoms with Gasteiger partial charge in [0.1, 0.15) is 0 Å². The van der Waals surface area contributed by atoms with Crippen LogP contribution in [0, 0.1) is 5.92 Å². The van der Waals surface area contributed by atoms with Crippen LogP contribution in [0.5, 0.6) is 0 Å². The van der Waals surface area contributed by atoms with Crippen molar-refractivity contribution in [2.45, 2.75) is 26.2 Å². The highest BCUT2D eigenvalue weighted by Gasteiger charge is 2.35. The van der Waals surface area contributed by atoms with E-state index in [1.54, 1.807) is 4.90 Å².